The summed E-state index contributed by atoms with van der Waals surface area (Å²) in [5, 5.41) is 5.37. The smallest absolute Gasteiger partial charge is 0.226 e. The maximum atomic E-state index is 12.6. The molecule has 5 nitrogen and oxygen atoms in total. The Balaban J connectivity index is 1.27. The van der Waals surface area contributed by atoms with E-state index in [0.29, 0.717) is 13.1 Å². The van der Waals surface area contributed by atoms with Crippen LogP contribution in [0.5, 0.6) is 0 Å². The van der Waals surface area contributed by atoms with E-state index in [2.05, 4.69) is 44.5 Å². The minimum atomic E-state index is -0.0377. The number of fused-ring (bicyclic) bond motifs is 2. The fraction of sp³-hybridized carbons (Fsp3) is 0.154. The Hall–Kier alpha value is -3.86. The molecule has 0 atom stereocenters. The zero-order valence-electron chi connectivity index (χ0n) is 17.3. The summed E-state index contributed by atoms with van der Waals surface area (Å²) in [6, 6.07) is 20.4. The van der Waals surface area contributed by atoms with Gasteiger partial charge in [-0.25, -0.2) is 0 Å². The summed E-state index contributed by atoms with van der Waals surface area (Å²) in [5.74, 6) is -0.0377. The minimum absolute atomic E-state index is 0.0377. The fourth-order valence-electron chi connectivity index (χ4n) is 4.04. The van der Waals surface area contributed by atoms with E-state index in [1.807, 2.05) is 49.5 Å². The molecule has 0 radical (unpaired) electrons. The maximum absolute atomic E-state index is 12.6. The van der Waals surface area contributed by atoms with Crippen LogP contribution in [0.25, 0.3) is 10.8 Å². The molecular weight excluding hydrogens is 384 g/mol. The number of aromatic nitrogens is 2. The first-order valence-electron chi connectivity index (χ1n) is 10.4. The van der Waals surface area contributed by atoms with Gasteiger partial charge < -0.3 is 5.32 Å². The molecule has 0 spiro atoms. The lowest BCUT2D eigenvalue weighted by atomic mass is 10.0. The van der Waals surface area contributed by atoms with E-state index >= 15 is 0 Å². The number of hydrogen-bond acceptors (Lipinski definition) is 4. The van der Waals surface area contributed by atoms with Gasteiger partial charge in [-0.05, 0) is 47.0 Å². The normalized spacial score (nSPS) is 12.5. The van der Waals surface area contributed by atoms with Crippen LogP contribution in [0.1, 0.15) is 33.6 Å². The molecule has 0 unspecified atom stereocenters. The lowest BCUT2D eigenvalue weighted by Crippen LogP contribution is -2.25. The molecule has 0 saturated carbocycles. The second-order valence-electron chi connectivity index (χ2n) is 7.78. The number of pyridine rings is 2. The summed E-state index contributed by atoms with van der Waals surface area (Å²) in [5.41, 5.74) is 6.96. The van der Waals surface area contributed by atoms with E-state index in [0.717, 1.165) is 44.7 Å². The second kappa shape index (κ2) is 8.11. The summed E-state index contributed by atoms with van der Waals surface area (Å²) in [6.45, 7) is 3.08. The average Bonchev–Trinajstić information content (AvgIpc) is 3.21. The van der Waals surface area contributed by atoms with Gasteiger partial charge in [-0.2, -0.15) is 0 Å². The van der Waals surface area contributed by atoms with Crippen molar-refractivity contribution in [1.82, 2.24) is 15.3 Å². The van der Waals surface area contributed by atoms with Crippen molar-refractivity contribution in [1.29, 1.82) is 0 Å². The Morgan fingerprint density at radius 1 is 1.03 bits per heavy atom. The van der Waals surface area contributed by atoms with Crippen LogP contribution in [-0.2, 0) is 24.3 Å². The van der Waals surface area contributed by atoms with Gasteiger partial charge in [0, 0.05) is 35.8 Å². The molecule has 0 fully saturated rings. The van der Waals surface area contributed by atoms with Crippen molar-refractivity contribution < 1.29 is 4.79 Å². The van der Waals surface area contributed by atoms with Crippen LogP contribution in [0.15, 0.2) is 78.0 Å². The maximum Gasteiger partial charge on any atom is 0.226 e. The highest BCUT2D eigenvalue weighted by atomic mass is 16.1. The molecular formula is C26H22N4O. The van der Waals surface area contributed by atoms with E-state index in [1.165, 1.54) is 5.39 Å². The second-order valence-corrected chi connectivity index (χ2v) is 7.78. The summed E-state index contributed by atoms with van der Waals surface area (Å²) < 4.78 is 0. The van der Waals surface area contributed by atoms with Gasteiger partial charge >= 0.3 is 0 Å². The number of benzene rings is 2. The number of hydrogen-bond donors (Lipinski definition) is 1. The van der Waals surface area contributed by atoms with E-state index in [-0.39, 0.29) is 12.3 Å². The van der Waals surface area contributed by atoms with Gasteiger partial charge in [-0.3, -0.25) is 19.8 Å². The van der Waals surface area contributed by atoms with Crippen LogP contribution in [0.2, 0.25) is 0 Å². The highest BCUT2D eigenvalue weighted by Crippen LogP contribution is 2.23. The lowest BCUT2D eigenvalue weighted by Gasteiger charge is -2.09. The Morgan fingerprint density at radius 3 is 2.81 bits per heavy atom. The van der Waals surface area contributed by atoms with Crippen LogP contribution in [0.3, 0.4) is 0 Å². The number of amides is 1. The molecule has 0 saturated heterocycles. The fourth-order valence-corrected chi connectivity index (χ4v) is 4.04. The summed E-state index contributed by atoms with van der Waals surface area (Å²) >= 11 is 0. The van der Waals surface area contributed by atoms with E-state index < -0.39 is 0 Å². The van der Waals surface area contributed by atoms with Crippen LogP contribution in [-0.4, -0.2) is 21.6 Å². The Bertz CT molecular complexity index is 1320. The summed E-state index contributed by atoms with van der Waals surface area (Å²) in [7, 11) is 0. The van der Waals surface area contributed by atoms with Gasteiger partial charge in [-0.1, -0.05) is 42.5 Å². The van der Waals surface area contributed by atoms with Crippen molar-refractivity contribution in [2.24, 2.45) is 4.99 Å². The summed E-state index contributed by atoms with van der Waals surface area (Å²) in [6.07, 6.45) is 3.89. The average molecular weight is 406 g/mol. The molecule has 0 aliphatic carbocycles. The quantitative estimate of drug-likeness (QED) is 0.541. The van der Waals surface area contributed by atoms with Crippen molar-refractivity contribution in [3.05, 3.63) is 107 Å². The molecule has 152 valence electrons. The molecule has 1 aliphatic rings. The molecule has 31 heavy (non-hydrogen) atoms. The topological polar surface area (TPSA) is 67.2 Å². The number of carbonyl (C=O) groups excluding carboxylic acids is 1. The van der Waals surface area contributed by atoms with Gasteiger partial charge in [-0.15, -0.1) is 0 Å². The predicted octanol–water partition coefficient (Wildman–Crippen LogP) is 4.15. The number of aryl methyl sites for hydroxylation is 1. The number of nitrogens with one attached hydrogen (secondary N) is 1. The van der Waals surface area contributed by atoms with E-state index in [1.54, 1.807) is 6.20 Å². The van der Waals surface area contributed by atoms with Crippen LogP contribution in [0, 0.1) is 6.92 Å². The number of aliphatic imine (C=N–C) groups is 1. The first kappa shape index (κ1) is 19.1. The predicted molar refractivity (Wildman–Crippen MR) is 122 cm³/mol. The van der Waals surface area contributed by atoms with Crippen molar-refractivity contribution in [3.63, 3.8) is 0 Å². The SMILES string of the molecule is Cc1cc(C2=NCc3cc(CC(=O)NCc4cccc5ccccc45)ncc32)ccn1. The first-order chi connectivity index (χ1) is 15.2. The third-order valence-corrected chi connectivity index (χ3v) is 5.58. The molecule has 2 aromatic carbocycles. The summed E-state index contributed by atoms with van der Waals surface area (Å²) in [4.78, 5) is 26.0. The number of nitrogens with zero attached hydrogens (tertiary/aromatic N) is 3. The van der Waals surface area contributed by atoms with Crippen molar-refractivity contribution in [2.75, 3.05) is 0 Å². The monoisotopic (exact) mass is 406 g/mol. The minimum Gasteiger partial charge on any atom is -0.352 e. The molecule has 4 aromatic rings. The molecule has 5 rings (SSSR count). The largest absolute Gasteiger partial charge is 0.352 e. The zero-order chi connectivity index (χ0) is 21.2. The van der Waals surface area contributed by atoms with Crippen LogP contribution < -0.4 is 5.32 Å². The van der Waals surface area contributed by atoms with Crippen LogP contribution >= 0.6 is 0 Å². The molecule has 0 bridgehead atoms. The highest BCUT2D eigenvalue weighted by Gasteiger charge is 2.19. The standard InChI is InChI=1S/C26H22N4O/c1-17-11-19(9-10-27-17)26-24-16-28-22(12-21(24)15-30-26)13-25(31)29-14-20-7-4-6-18-5-2-3-8-23(18)20/h2-12,16H,13-15H2,1H3,(H,29,31). The molecule has 2 aromatic heterocycles. The third-order valence-electron chi connectivity index (χ3n) is 5.58. The van der Waals surface area contributed by atoms with E-state index in [4.69, 9.17) is 0 Å². The molecule has 5 heteroatoms. The Labute approximate surface area is 180 Å². The Kier molecular flexibility index (Phi) is 5.00. The van der Waals surface area contributed by atoms with Gasteiger partial charge in [0.15, 0.2) is 0 Å². The van der Waals surface area contributed by atoms with Crippen molar-refractivity contribution >= 4 is 22.4 Å². The van der Waals surface area contributed by atoms with E-state index in [9.17, 15) is 4.79 Å². The first-order valence-corrected chi connectivity index (χ1v) is 10.4. The number of rotatable bonds is 5. The van der Waals surface area contributed by atoms with Crippen LogP contribution in [0.4, 0.5) is 0 Å². The van der Waals surface area contributed by atoms with Gasteiger partial charge in [0.05, 0.1) is 24.4 Å². The van der Waals surface area contributed by atoms with Gasteiger partial charge in [0.1, 0.15) is 0 Å². The van der Waals surface area contributed by atoms with Crippen molar-refractivity contribution in [3.8, 4) is 0 Å². The Morgan fingerprint density at radius 2 is 1.90 bits per heavy atom. The van der Waals surface area contributed by atoms with Gasteiger partial charge in [0.2, 0.25) is 5.91 Å². The number of carbonyl (C=O) groups is 1. The lowest BCUT2D eigenvalue weighted by molar-refractivity contribution is -0.120. The highest BCUT2D eigenvalue weighted by molar-refractivity contribution is 6.15. The molecule has 1 aliphatic heterocycles. The molecule has 1 N–H and O–H groups in total. The zero-order valence-corrected chi connectivity index (χ0v) is 17.3. The molecule has 3 heterocycles. The third kappa shape index (κ3) is 3.94. The molecule has 1 amide bonds. The van der Waals surface area contributed by atoms with Crippen molar-refractivity contribution in [2.45, 2.75) is 26.4 Å². The van der Waals surface area contributed by atoms with Gasteiger partial charge in [0.25, 0.3) is 0 Å².